The Labute approximate surface area is 107 Å². The highest BCUT2D eigenvalue weighted by Gasteiger charge is 2.20. The van der Waals surface area contributed by atoms with E-state index in [-0.39, 0.29) is 0 Å². The molecule has 0 spiro atoms. The number of nitrogens with one attached hydrogen (secondary N) is 1. The molecule has 94 valence electrons. The lowest BCUT2D eigenvalue weighted by Crippen LogP contribution is -2.15. The molecule has 1 N–H and O–H groups in total. The van der Waals surface area contributed by atoms with E-state index in [1.165, 1.54) is 24.0 Å². The van der Waals surface area contributed by atoms with Crippen LogP contribution in [-0.4, -0.2) is 11.2 Å². The van der Waals surface area contributed by atoms with Gasteiger partial charge in [-0.3, -0.25) is 0 Å². The lowest BCUT2D eigenvalue weighted by Gasteiger charge is -2.01. The zero-order chi connectivity index (χ0) is 12.5. The molecule has 1 fully saturated rings. The zero-order valence-corrected chi connectivity index (χ0v) is 10.9. The molecule has 1 aromatic carbocycles. The summed E-state index contributed by atoms with van der Waals surface area (Å²) in [5, 5.41) is 7.54. The predicted molar refractivity (Wildman–Crippen MR) is 71.3 cm³/mol. The van der Waals surface area contributed by atoms with Crippen molar-refractivity contribution in [3.63, 3.8) is 0 Å². The molecule has 18 heavy (non-hydrogen) atoms. The van der Waals surface area contributed by atoms with Crippen LogP contribution in [0.5, 0.6) is 0 Å². The Balaban J connectivity index is 1.76. The molecule has 2 aromatic rings. The molecule has 3 nitrogen and oxygen atoms in total. The van der Waals surface area contributed by atoms with E-state index in [1.54, 1.807) is 0 Å². The predicted octanol–water partition coefficient (Wildman–Crippen LogP) is 3.21. The Morgan fingerprint density at radius 3 is 2.78 bits per heavy atom. The summed E-state index contributed by atoms with van der Waals surface area (Å²) in [5.74, 6) is 0.852. The largest absolute Gasteiger partial charge is 0.356 e. The molecule has 0 atom stereocenters. The molecule has 0 saturated heterocycles. The summed E-state index contributed by atoms with van der Waals surface area (Å²) < 4.78 is 5.41. The van der Waals surface area contributed by atoms with Gasteiger partial charge in [-0.15, -0.1) is 0 Å². The normalized spacial score (nSPS) is 15.0. The lowest BCUT2D eigenvalue weighted by atomic mass is 10.0. The summed E-state index contributed by atoms with van der Waals surface area (Å²) in [6, 6.07) is 9.08. The standard InChI is InChI=1S/C15H18N2O/c1-10-3-4-12(7-11(10)2)15-8-14(17-18-15)9-16-13-5-6-13/h3-4,7-8,13,16H,5-6,9H2,1-2H3. The molecule has 3 heteroatoms. The van der Waals surface area contributed by atoms with Crippen LogP contribution in [0.4, 0.5) is 0 Å². The first-order valence-electron chi connectivity index (χ1n) is 6.49. The Morgan fingerprint density at radius 2 is 2.06 bits per heavy atom. The van der Waals surface area contributed by atoms with Gasteiger partial charge in [0.25, 0.3) is 0 Å². The summed E-state index contributed by atoms with van der Waals surface area (Å²) in [6.45, 7) is 5.04. The van der Waals surface area contributed by atoms with E-state index in [0.717, 1.165) is 23.6 Å². The molecular weight excluding hydrogens is 224 g/mol. The van der Waals surface area contributed by atoms with Crippen molar-refractivity contribution in [2.45, 2.75) is 39.3 Å². The average Bonchev–Trinajstić information content (AvgIpc) is 3.08. The Kier molecular flexibility index (Phi) is 2.92. The summed E-state index contributed by atoms with van der Waals surface area (Å²) in [7, 11) is 0. The van der Waals surface area contributed by atoms with Crippen LogP contribution in [0.3, 0.4) is 0 Å². The van der Waals surface area contributed by atoms with Gasteiger partial charge in [0, 0.05) is 24.2 Å². The summed E-state index contributed by atoms with van der Waals surface area (Å²) >= 11 is 0. The third-order valence-corrected chi connectivity index (χ3v) is 3.50. The van der Waals surface area contributed by atoms with Gasteiger partial charge in [-0.2, -0.15) is 0 Å². The van der Waals surface area contributed by atoms with Crippen molar-refractivity contribution < 1.29 is 4.52 Å². The second-order valence-corrected chi connectivity index (χ2v) is 5.14. The molecule has 1 heterocycles. The fraction of sp³-hybridized carbons (Fsp3) is 0.400. The van der Waals surface area contributed by atoms with Crippen LogP contribution in [0.2, 0.25) is 0 Å². The van der Waals surface area contributed by atoms with Crippen molar-refractivity contribution in [1.29, 1.82) is 0 Å². The van der Waals surface area contributed by atoms with Crippen molar-refractivity contribution >= 4 is 0 Å². The van der Waals surface area contributed by atoms with Gasteiger partial charge in [0.1, 0.15) is 0 Å². The monoisotopic (exact) mass is 242 g/mol. The fourth-order valence-corrected chi connectivity index (χ4v) is 1.96. The van der Waals surface area contributed by atoms with Crippen molar-refractivity contribution in [2.75, 3.05) is 0 Å². The van der Waals surface area contributed by atoms with Gasteiger partial charge in [-0.25, -0.2) is 0 Å². The number of rotatable bonds is 4. The molecule has 3 rings (SSSR count). The maximum atomic E-state index is 5.41. The SMILES string of the molecule is Cc1ccc(-c2cc(CNC3CC3)no2)cc1C. The van der Waals surface area contributed by atoms with Crippen molar-refractivity contribution in [3.8, 4) is 11.3 Å². The second kappa shape index (κ2) is 4.58. The minimum absolute atomic E-state index is 0.701. The fourth-order valence-electron chi connectivity index (χ4n) is 1.96. The molecule has 1 aliphatic rings. The van der Waals surface area contributed by atoms with Crippen molar-refractivity contribution in [2.24, 2.45) is 0 Å². The molecule has 0 bridgehead atoms. The van der Waals surface area contributed by atoms with Gasteiger partial charge in [-0.05, 0) is 43.9 Å². The molecule has 0 aliphatic heterocycles. The topological polar surface area (TPSA) is 38.1 Å². The van der Waals surface area contributed by atoms with E-state index in [9.17, 15) is 0 Å². The average molecular weight is 242 g/mol. The summed E-state index contributed by atoms with van der Waals surface area (Å²) in [5.41, 5.74) is 4.66. The minimum Gasteiger partial charge on any atom is -0.356 e. The lowest BCUT2D eigenvalue weighted by molar-refractivity contribution is 0.420. The van der Waals surface area contributed by atoms with Crippen LogP contribution < -0.4 is 5.32 Å². The van der Waals surface area contributed by atoms with Gasteiger partial charge < -0.3 is 9.84 Å². The molecule has 0 radical (unpaired) electrons. The number of aryl methyl sites for hydroxylation is 2. The van der Waals surface area contributed by atoms with Gasteiger partial charge in [0.15, 0.2) is 5.76 Å². The van der Waals surface area contributed by atoms with Crippen LogP contribution in [0.25, 0.3) is 11.3 Å². The van der Waals surface area contributed by atoms with Crippen molar-refractivity contribution in [1.82, 2.24) is 10.5 Å². The van der Waals surface area contributed by atoms with Crippen LogP contribution in [0.15, 0.2) is 28.8 Å². The highest BCUT2D eigenvalue weighted by atomic mass is 16.5. The number of hydrogen-bond donors (Lipinski definition) is 1. The Morgan fingerprint density at radius 1 is 1.22 bits per heavy atom. The smallest absolute Gasteiger partial charge is 0.167 e. The maximum Gasteiger partial charge on any atom is 0.167 e. The van der Waals surface area contributed by atoms with Crippen molar-refractivity contribution in [3.05, 3.63) is 41.1 Å². The van der Waals surface area contributed by atoms with Crippen LogP contribution in [0, 0.1) is 13.8 Å². The van der Waals surface area contributed by atoms with Gasteiger partial charge in [0.2, 0.25) is 0 Å². The molecule has 0 amide bonds. The van der Waals surface area contributed by atoms with E-state index >= 15 is 0 Å². The zero-order valence-electron chi connectivity index (χ0n) is 10.9. The third kappa shape index (κ3) is 2.46. The summed E-state index contributed by atoms with van der Waals surface area (Å²) in [6.07, 6.45) is 2.59. The van der Waals surface area contributed by atoms with E-state index < -0.39 is 0 Å². The Hall–Kier alpha value is -1.61. The van der Waals surface area contributed by atoms with Gasteiger partial charge >= 0.3 is 0 Å². The number of hydrogen-bond acceptors (Lipinski definition) is 3. The van der Waals surface area contributed by atoms with Crippen LogP contribution in [-0.2, 0) is 6.54 Å². The molecule has 1 aromatic heterocycles. The van der Waals surface area contributed by atoms with Gasteiger partial charge in [0.05, 0.1) is 5.69 Å². The highest BCUT2D eigenvalue weighted by Crippen LogP contribution is 2.24. The first kappa shape index (κ1) is 11.5. The Bertz CT molecular complexity index is 555. The van der Waals surface area contributed by atoms with E-state index in [0.29, 0.717) is 6.04 Å². The molecule has 1 aliphatic carbocycles. The maximum absolute atomic E-state index is 5.41. The number of nitrogens with zero attached hydrogens (tertiary/aromatic N) is 1. The molecular formula is C15H18N2O. The number of benzene rings is 1. The second-order valence-electron chi connectivity index (χ2n) is 5.14. The first-order chi connectivity index (χ1) is 8.72. The molecule has 0 unspecified atom stereocenters. The quantitative estimate of drug-likeness (QED) is 0.894. The van der Waals surface area contributed by atoms with Crippen LogP contribution in [0.1, 0.15) is 29.7 Å². The molecule has 1 saturated carbocycles. The van der Waals surface area contributed by atoms with E-state index in [2.05, 4.69) is 42.5 Å². The third-order valence-electron chi connectivity index (χ3n) is 3.50. The number of aromatic nitrogens is 1. The van der Waals surface area contributed by atoms with Crippen LogP contribution >= 0.6 is 0 Å². The van der Waals surface area contributed by atoms with E-state index in [1.807, 2.05) is 6.07 Å². The van der Waals surface area contributed by atoms with Gasteiger partial charge in [-0.1, -0.05) is 17.3 Å². The van der Waals surface area contributed by atoms with E-state index in [4.69, 9.17) is 4.52 Å². The minimum atomic E-state index is 0.701. The summed E-state index contributed by atoms with van der Waals surface area (Å²) in [4.78, 5) is 0. The first-order valence-corrected chi connectivity index (χ1v) is 6.49. The highest BCUT2D eigenvalue weighted by molar-refractivity contribution is 5.59.